The van der Waals surface area contributed by atoms with Crippen molar-refractivity contribution in [1.29, 1.82) is 10.5 Å². The van der Waals surface area contributed by atoms with Gasteiger partial charge in [0.1, 0.15) is 10.8 Å². The van der Waals surface area contributed by atoms with Crippen LogP contribution in [0.15, 0.2) is 42.5 Å². The molecular weight excluding hydrogens is 362 g/mol. The van der Waals surface area contributed by atoms with E-state index in [0.717, 1.165) is 11.3 Å². The summed E-state index contributed by atoms with van der Waals surface area (Å²) in [7, 11) is 0. The van der Waals surface area contributed by atoms with Crippen molar-refractivity contribution in [3.05, 3.63) is 64.2 Å². The average molecular weight is 376 g/mol. The second-order valence-corrected chi connectivity index (χ2v) is 6.05. The Morgan fingerprint density at radius 2 is 1.63 bits per heavy atom. The molecule has 1 aromatic heterocycles. The molecule has 0 aliphatic heterocycles. The smallest absolute Gasteiger partial charge is 0.231 e. The Bertz CT molecular complexity index is 1080. The molecule has 3 rings (SSSR count). The van der Waals surface area contributed by atoms with Crippen molar-refractivity contribution in [2.75, 3.05) is 16.4 Å². The second-order valence-electron chi connectivity index (χ2n) is 5.68. The Kier molecular flexibility index (Phi) is 5.07. The predicted molar refractivity (Wildman–Crippen MR) is 105 cm³/mol. The molecule has 0 atom stereocenters. The third-order valence-electron chi connectivity index (χ3n) is 3.76. The quantitative estimate of drug-likeness (QED) is 0.622. The molecule has 3 aromatic rings. The summed E-state index contributed by atoms with van der Waals surface area (Å²) in [5.74, 6) is 0.722. The molecule has 0 fully saturated rings. The van der Waals surface area contributed by atoms with Crippen LogP contribution in [0, 0.1) is 29.6 Å². The number of aryl methyl sites for hydroxylation is 1. The van der Waals surface area contributed by atoms with Gasteiger partial charge in [-0.1, -0.05) is 11.6 Å². The van der Waals surface area contributed by atoms with Crippen molar-refractivity contribution in [3.8, 4) is 12.1 Å². The summed E-state index contributed by atoms with van der Waals surface area (Å²) >= 11 is 6.24. The van der Waals surface area contributed by atoms with Crippen LogP contribution in [0.4, 0.5) is 29.0 Å². The molecule has 0 spiro atoms. The SMILES string of the molecule is Cc1cc(C#N)ccc1Nc1nc(Nc2ccc(C#N)cc2)nc(N)c1Cl. The molecule has 1 heterocycles. The van der Waals surface area contributed by atoms with Crippen LogP contribution in [0.3, 0.4) is 0 Å². The van der Waals surface area contributed by atoms with Crippen LogP contribution in [0.5, 0.6) is 0 Å². The molecule has 7 nitrogen and oxygen atoms in total. The molecule has 2 aromatic carbocycles. The number of rotatable bonds is 4. The Morgan fingerprint density at radius 1 is 0.963 bits per heavy atom. The minimum absolute atomic E-state index is 0.122. The number of anilines is 5. The van der Waals surface area contributed by atoms with E-state index in [2.05, 4.69) is 32.7 Å². The molecule has 132 valence electrons. The molecule has 0 amide bonds. The monoisotopic (exact) mass is 375 g/mol. The summed E-state index contributed by atoms with van der Waals surface area (Å²) in [5, 5.41) is 24.2. The van der Waals surface area contributed by atoms with Crippen LogP contribution in [0.2, 0.25) is 5.02 Å². The molecule has 0 saturated heterocycles. The molecule has 0 saturated carbocycles. The fraction of sp³-hybridized carbons (Fsp3) is 0.0526. The minimum atomic E-state index is 0.122. The number of hydrogen-bond acceptors (Lipinski definition) is 7. The van der Waals surface area contributed by atoms with Crippen LogP contribution in [-0.2, 0) is 0 Å². The number of nitrogen functional groups attached to an aromatic ring is 1. The average Bonchev–Trinajstić information content (AvgIpc) is 2.67. The molecule has 0 aliphatic rings. The molecule has 4 N–H and O–H groups in total. The Hall–Kier alpha value is -3.81. The summed E-state index contributed by atoms with van der Waals surface area (Å²) in [4.78, 5) is 8.51. The number of aromatic nitrogens is 2. The van der Waals surface area contributed by atoms with Crippen LogP contribution in [-0.4, -0.2) is 9.97 Å². The molecule has 0 radical (unpaired) electrons. The number of nitriles is 2. The van der Waals surface area contributed by atoms with Gasteiger partial charge in [-0.05, 0) is 55.0 Å². The van der Waals surface area contributed by atoms with Crippen LogP contribution in [0.1, 0.15) is 16.7 Å². The third kappa shape index (κ3) is 4.06. The summed E-state index contributed by atoms with van der Waals surface area (Å²) in [5.41, 5.74) is 9.34. The number of halogens is 1. The fourth-order valence-corrected chi connectivity index (χ4v) is 2.49. The highest BCUT2D eigenvalue weighted by Gasteiger charge is 2.12. The molecule has 27 heavy (non-hydrogen) atoms. The fourth-order valence-electron chi connectivity index (χ4n) is 2.36. The van der Waals surface area contributed by atoms with E-state index in [1.807, 2.05) is 6.92 Å². The van der Waals surface area contributed by atoms with E-state index in [-0.39, 0.29) is 16.8 Å². The van der Waals surface area contributed by atoms with Gasteiger partial charge in [0.2, 0.25) is 5.95 Å². The third-order valence-corrected chi connectivity index (χ3v) is 4.13. The van der Waals surface area contributed by atoms with Gasteiger partial charge in [0.25, 0.3) is 0 Å². The first kappa shape index (κ1) is 18.0. The zero-order valence-corrected chi connectivity index (χ0v) is 15.0. The number of hydrogen-bond donors (Lipinski definition) is 3. The second kappa shape index (κ2) is 7.61. The van der Waals surface area contributed by atoms with Crippen molar-refractivity contribution in [2.45, 2.75) is 6.92 Å². The van der Waals surface area contributed by atoms with Gasteiger partial charge in [0, 0.05) is 11.4 Å². The Balaban J connectivity index is 1.90. The Morgan fingerprint density at radius 3 is 2.26 bits per heavy atom. The largest absolute Gasteiger partial charge is 0.382 e. The van der Waals surface area contributed by atoms with Gasteiger partial charge in [0.05, 0.1) is 23.3 Å². The standard InChI is InChI=1S/C19H14ClN7/c1-11-8-13(10-22)4-7-15(11)25-18-16(20)17(23)26-19(27-18)24-14-5-2-12(9-21)3-6-14/h2-8H,1H3,(H4,23,24,25,26,27). The lowest BCUT2D eigenvalue weighted by Gasteiger charge is -2.13. The van der Waals surface area contributed by atoms with Gasteiger partial charge in [-0.25, -0.2) is 0 Å². The van der Waals surface area contributed by atoms with Crippen molar-refractivity contribution in [1.82, 2.24) is 9.97 Å². The number of nitrogens with one attached hydrogen (secondary N) is 2. The van der Waals surface area contributed by atoms with Gasteiger partial charge in [-0.15, -0.1) is 0 Å². The van der Waals surface area contributed by atoms with Crippen LogP contribution >= 0.6 is 11.6 Å². The maximum atomic E-state index is 8.98. The zero-order chi connectivity index (χ0) is 19.4. The molecule has 0 unspecified atom stereocenters. The number of nitrogens with zero attached hydrogens (tertiary/aromatic N) is 4. The summed E-state index contributed by atoms with van der Waals surface area (Å²) in [6.45, 7) is 1.87. The molecule has 0 aliphatic carbocycles. The zero-order valence-electron chi connectivity index (χ0n) is 14.3. The highest BCUT2D eigenvalue weighted by Crippen LogP contribution is 2.31. The highest BCUT2D eigenvalue weighted by molar-refractivity contribution is 6.35. The maximum absolute atomic E-state index is 8.98. The van der Waals surface area contributed by atoms with Crippen LogP contribution in [0.25, 0.3) is 0 Å². The van der Waals surface area contributed by atoms with Gasteiger partial charge in [-0.3, -0.25) is 0 Å². The summed E-state index contributed by atoms with van der Waals surface area (Å²) in [6.07, 6.45) is 0. The van der Waals surface area contributed by atoms with Crippen molar-refractivity contribution in [3.63, 3.8) is 0 Å². The first-order valence-corrected chi connectivity index (χ1v) is 8.26. The van der Waals surface area contributed by atoms with E-state index in [4.69, 9.17) is 27.9 Å². The lowest BCUT2D eigenvalue weighted by atomic mass is 10.1. The molecule has 0 bridgehead atoms. The normalized spacial score (nSPS) is 9.93. The van der Waals surface area contributed by atoms with E-state index in [1.54, 1.807) is 42.5 Å². The molecular formula is C19H14ClN7. The first-order chi connectivity index (χ1) is 13.0. The maximum Gasteiger partial charge on any atom is 0.231 e. The van der Waals surface area contributed by atoms with E-state index in [0.29, 0.717) is 22.6 Å². The van der Waals surface area contributed by atoms with Gasteiger partial charge < -0.3 is 16.4 Å². The van der Waals surface area contributed by atoms with Gasteiger partial charge >= 0.3 is 0 Å². The lowest BCUT2D eigenvalue weighted by Crippen LogP contribution is -2.06. The van der Waals surface area contributed by atoms with Gasteiger partial charge in [-0.2, -0.15) is 20.5 Å². The van der Waals surface area contributed by atoms with E-state index >= 15 is 0 Å². The Labute approximate surface area is 161 Å². The molecule has 8 heteroatoms. The predicted octanol–water partition coefficient (Wildman–Crippen LogP) is 4.25. The lowest BCUT2D eigenvalue weighted by molar-refractivity contribution is 1.17. The van der Waals surface area contributed by atoms with Crippen LogP contribution < -0.4 is 16.4 Å². The number of nitrogens with two attached hydrogens (primary N) is 1. The summed E-state index contributed by atoms with van der Waals surface area (Å²) < 4.78 is 0. The van der Waals surface area contributed by atoms with E-state index < -0.39 is 0 Å². The van der Waals surface area contributed by atoms with Crippen molar-refractivity contribution >= 4 is 40.6 Å². The first-order valence-electron chi connectivity index (χ1n) is 7.88. The minimum Gasteiger partial charge on any atom is -0.382 e. The summed E-state index contributed by atoms with van der Waals surface area (Å²) in [6, 6.07) is 16.2. The number of benzene rings is 2. The van der Waals surface area contributed by atoms with Crippen molar-refractivity contribution < 1.29 is 0 Å². The highest BCUT2D eigenvalue weighted by atomic mass is 35.5. The van der Waals surface area contributed by atoms with E-state index in [9.17, 15) is 0 Å². The van der Waals surface area contributed by atoms with Gasteiger partial charge in [0.15, 0.2) is 5.82 Å². The van der Waals surface area contributed by atoms with E-state index in [1.165, 1.54) is 0 Å². The topological polar surface area (TPSA) is 123 Å². The van der Waals surface area contributed by atoms with Crippen molar-refractivity contribution in [2.24, 2.45) is 0 Å².